The number of nitrogens with one attached hydrogen (secondary N) is 1. The Morgan fingerprint density at radius 3 is 2.87 bits per heavy atom. The van der Waals surface area contributed by atoms with Crippen LogP contribution in [0.25, 0.3) is 11.0 Å². The van der Waals surface area contributed by atoms with Crippen LogP contribution >= 0.6 is 23.2 Å². The van der Waals surface area contributed by atoms with E-state index < -0.39 is 5.97 Å². The van der Waals surface area contributed by atoms with E-state index in [1.165, 1.54) is 0 Å². The third-order valence-electron chi connectivity index (χ3n) is 1.96. The van der Waals surface area contributed by atoms with E-state index in [2.05, 4.69) is 9.97 Å². The summed E-state index contributed by atoms with van der Waals surface area (Å²) in [6.45, 7) is 0. The van der Waals surface area contributed by atoms with Crippen molar-refractivity contribution in [1.29, 1.82) is 0 Å². The van der Waals surface area contributed by atoms with Gasteiger partial charge in [-0.1, -0.05) is 11.6 Å². The number of nitrogens with zero attached hydrogens (tertiary/aromatic N) is 1. The molecule has 0 radical (unpaired) electrons. The third kappa shape index (κ3) is 2.06. The number of H-pyrrole nitrogens is 1. The second kappa shape index (κ2) is 3.72. The molecule has 0 aliphatic heterocycles. The quantitative estimate of drug-likeness (QED) is 0.854. The van der Waals surface area contributed by atoms with Crippen molar-refractivity contribution in [3.8, 4) is 0 Å². The predicted octanol–water partition coefficient (Wildman–Crippen LogP) is 2.50. The topological polar surface area (TPSA) is 66.0 Å². The monoisotopic (exact) mass is 244 g/mol. The first kappa shape index (κ1) is 10.3. The van der Waals surface area contributed by atoms with Crippen molar-refractivity contribution < 1.29 is 9.90 Å². The number of imidazole rings is 1. The molecule has 15 heavy (non-hydrogen) atoms. The van der Waals surface area contributed by atoms with Gasteiger partial charge < -0.3 is 10.1 Å². The van der Waals surface area contributed by atoms with Crippen LogP contribution in [-0.2, 0) is 11.2 Å². The molecule has 2 N–H and O–H groups in total. The number of aliphatic carboxylic acids is 1. The van der Waals surface area contributed by atoms with Gasteiger partial charge >= 0.3 is 5.97 Å². The van der Waals surface area contributed by atoms with Crippen molar-refractivity contribution in [3.05, 3.63) is 28.0 Å². The molecule has 0 spiro atoms. The summed E-state index contributed by atoms with van der Waals surface area (Å²) in [6.07, 6.45) is -0.120. The molecule has 0 amide bonds. The molecule has 1 aromatic carbocycles. The van der Waals surface area contributed by atoms with Gasteiger partial charge in [-0.15, -0.1) is 0 Å². The molecule has 6 heteroatoms. The molecule has 0 aliphatic carbocycles. The van der Waals surface area contributed by atoms with E-state index in [0.29, 0.717) is 21.6 Å². The van der Waals surface area contributed by atoms with Gasteiger partial charge in [0.05, 0.1) is 17.5 Å². The summed E-state index contributed by atoms with van der Waals surface area (Å²) in [4.78, 5) is 17.3. The van der Waals surface area contributed by atoms with Crippen molar-refractivity contribution in [1.82, 2.24) is 9.97 Å². The van der Waals surface area contributed by atoms with Crippen LogP contribution in [0.4, 0.5) is 0 Å². The number of aromatic nitrogens is 2. The summed E-state index contributed by atoms with van der Waals surface area (Å²) in [5.74, 6) is -0.929. The Morgan fingerprint density at radius 2 is 2.20 bits per heavy atom. The Balaban J connectivity index is 2.55. The standard InChI is InChI=1S/C9H6Cl2N2O2/c10-5-3-7-6(12-9(11)13-7)1-4(5)2-8(14)15/h1,3H,2H2,(H,12,13)(H,14,15). The molecular weight excluding hydrogens is 239 g/mol. The first-order valence-electron chi connectivity index (χ1n) is 4.11. The van der Waals surface area contributed by atoms with E-state index in [9.17, 15) is 4.79 Å². The fourth-order valence-electron chi connectivity index (χ4n) is 1.34. The average Bonchev–Trinajstić information content (AvgIpc) is 2.44. The molecular formula is C9H6Cl2N2O2. The second-order valence-electron chi connectivity index (χ2n) is 3.06. The first-order valence-corrected chi connectivity index (χ1v) is 4.87. The number of hydrogen-bond acceptors (Lipinski definition) is 2. The Morgan fingerprint density at radius 1 is 1.47 bits per heavy atom. The molecule has 0 unspecified atom stereocenters. The number of aromatic amines is 1. The number of hydrogen-bond donors (Lipinski definition) is 2. The van der Waals surface area contributed by atoms with E-state index in [1.54, 1.807) is 12.1 Å². The van der Waals surface area contributed by atoms with Crippen LogP contribution < -0.4 is 0 Å². The molecule has 2 aromatic rings. The lowest BCUT2D eigenvalue weighted by Gasteiger charge is -2.00. The molecule has 1 heterocycles. The molecule has 0 saturated carbocycles. The zero-order valence-electron chi connectivity index (χ0n) is 7.42. The molecule has 78 valence electrons. The molecule has 2 rings (SSSR count). The fourth-order valence-corrected chi connectivity index (χ4v) is 1.76. The summed E-state index contributed by atoms with van der Waals surface area (Å²) < 4.78 is 0. The van der Waals surface area contributed by atoms with E-state index >= 15 is 0 Å². The maximum Gasteiger partial charge on any atom is 0.307 e. The lowest BCUT2D eigenvalue weighted by atomic mass is 10.1. The van der Waals surface area contributed by atoms with Gasteiger partial charge in [-0.3, -0.25) is 4.79 Å². The lowest BCUT2D eigenvalue weighted by Crippen LogP contribution is -2.00. The molecule has 4 nitrogen and oxygen atoms in total. The minimum atomic E-state index is -0.929. The highest BCUT2D eigenvalue weighted by Gasteiger charge is 2.09. The number of fused-ring (bicyclic) bond motifs is 1. The Hall–Kier alpha value is -1.26. The minimum Gasteiger partial charge on any atom is -0.481 e. The SMILES string of the molecule is O=C(O)Cc1cc2[nH]c(Cl)nc2cc1Cl. The molecule has 1 aromatic heterocycles. The van der Waals surface area contributed by atoms with Crippen molar-refractivity contribution in [2.24, 2.45) is 0 Å². The highest BCUT2D eigenvalue weighted by Crippen LogP contribution is 2.24. The van der Waals surface area contributed by atoms with Gasteiger partial charge in [-0.05, 0) is 29.3 Å². The molecule has 0 fully saturated rings. The summed E-state index contributed by atoms with van der Waals surface area (Å²) in [6, 6.07) is 3.24. The van der Waals surface area contributed by atoms with E-state index in [0.717, 1.165) is 0 Å². The van der Waals surface area contributed by atoms with Crippen LogP contribution in [0.2, 0.25) is 10.3 Å². The largest absolute Gasteiger partial charge is 0.481 e. The van der Waals surface area contributed by atoms with Crippen LogP contribution in [0.1, 0.15) is 5.56 Å². The molecule has 0 bridgehead atoms. The fraction of sp³-hybridized carbons (Fsp3) is 0.111. The Kier molecular flexibility index (Phi) is 2.54. The summed E-state index contributed by atoms with van der Waals surface area (Å²) in [7, 11) is 0. The predicted molar refractivity (Wildman–Crippen MR) is 57.5 cm³/mol. The van der Waals surface area contributed by atoms with Crippen molar-refractivity contribution >= 4 is 40.2 Å². The highest BCUT2D eigenvalue weighted by molar-refractivity contribution is 6.32. The zero-order valence-corrected chi connectivity index (χ0v) is 8.93. The highest BCUT2D eigenvalue weighted by atomic mass is 35.5. The van der Waals surface area contributed by atoms with Gasteiger partial charge in [0.15, 0.2) is 0 Å². The zero-order chi connectivity index (χ0) is 11.0. The van der Waals surface area contributed by atoms with Gasteiger partial charge in [0, 0.05) is 5.02 Å². The average molecular weight is 245 g/mol. The molecule has 0 atom stereocenters. The number of carbonyl (C=O) groups is 1. The van der Waals surface area contributed by atoms with Crippen molar-refractivity contribution in [3.63, 3.8) is 0 Å². The third-order valence-corrected chi connectivity index (χ3v) is 2.49. The van der Waals surface area contributed by atoms with Crippen LogP contribution in [0.15, 0.2) is 12.1 Å². The lowest BCUT2D eigenvalue weighted by molar-refractivity contribution is -0.136. The van der Waals surface area contributed by atoms with Gasteiger partial charge in [0.2, 0.25) is 5.28 Å². The van der Waals surface area contributed by atoms with Crippen LogP contribution in [0, 0.1) is 0 Å². The number of carboxylic acids is 1. The number of carboxylic acid groups (broad SMARTS) is 1. The maximum atomic E-state index is 10.6. The van der Waals surface area contributed by atoms with Crippen molar-refractivity contribution in [2.75, 3.05) is 0 Å². The first-order chi connectivity index (χ1) is 7.06. The normalized spacial score (nSPS) is 10.8. The minimum absolute atomic E-state index is 0.120. The Bertz CT molecular complexity index is 536. The van der Waals surface area contributed by atoms with Gasteiger partial charge in [-0.25, -0.2) is 4.98 Å². The molecule has 0 saturated heterocycles. The van der Waals surface area contributed by atoms with Crippen LogP contribution in [0.5, 0.6) is 0 Å². The van der Waals surface area contributed by atoms with Gasteiger partial charge in [0.25, 0.3) is 0 Å². The van der Waals surface area contributed by atoms with E-state index in [-0.39, 0.29) is 11.7 Å². The summed E-state index contributed by atoms with van der Waals surface area (Å²) >= 11 is 11.6. The number of benzene rings is 1. The second-order valence-corrected chi connectivity index (χ2v) is 3.82. The van der Waals surface area contributed by atoms with E-state index in [4.69, 9.17) is 28.3 Å². The number of rotatable bonds is 2. The smallest absolute Gasteiger partial charge is 0.307 e. The van der Waals surface area contributed by atoms with Gasteiger partial charge in [-0.2, -0.15) is 0 Å². The van der Waals surface area contributed by atoms with Crippen molar-refractivity contribution in [2.45, 2.75) is 6.42 Å². The maximum absolute atomic E-state index is 10.6. The van der Waals surface area contributed by atoms with Gasteiger partial charge in [0.1, 0.15) is 0 Å². The summed E-state index contributed by atoms with van der Waals surface area (Å²) in [5.41, 5.74) is 1.84. The van der Waals surface area contributed by atoms with Crippen LogP contribution in [0.3, 0.4) is 0 Å². The molecule has 0 aliphatic rings. The number of halogens is 2. The van der Waals surface area contributed by atoms with E-state index in [1.807, 2.05) is 0 Å². The van der Waals surface area contributed by atoms with Crippen LogP contribution in [-0.4, -0.2) is 21.0 Å². The Labute approximate surface area is 94.8 Å². The summed E-state index contributed by atoms with van der Waals surface area (Å²) in [5, 5.41) is 9.30.